The molecule has 10 nitrogen and oxygen atoms in total. The molecule has 1 fully saturated rings. The molecule has 1 aliphatic rings. The van der Waals surface area contributed by atoms with E-state index in [9.17, 15) is 18.7 Å². The van der Waals surface area contributed by atoms with Gasteiger partial charge in [-0.15, -0.1) is 0 Å². The molecule has 0 spiro atoms. The van der Waals surface area contributed by atoms with Crippen molar-refractivity contribution < 1.29 is 23.4 Å². The number of aliphatic carboxylic acids is 1. The number of benzene rings is 1. The number of aryl methyl sites for hydroxylation is 1. The van der Waals surface area contributed by atoms with Crippen LogP contribution in [0.25, 0.3) is 22.3 Å². The molecule has 3 aromatic heterocycles. The van der Waals surface area contributed by atoms with Crippen molar-refractivity contribution in [1.82, 2.24) is 29.4 Å². The molecule has 1 saturated heterocycles. The number of hydrogen-bond acceptors (Lipinski definition) is 8. The molecular formula is C26H27F2N7O3. The van der Waals surface area contributed by atoms with Crippen molar-refractivity contribution in [3.05, 3.63) is 59.7 Å². The topological polar surface area (TPSA) is 118 Å². The molecule has 5 rings (SSSR count). The second-order valence-electron chi connectivity index (χ2n) is 9.45. The first-order chi connectivity index (χ1) is 18.2. The lowest BCUT2D eigenvalue weighted by atomic mass is 10.1. The monoisotopic (exact) mass is 523 g/mol. The van der Waals surface area contributed by atoms with Gasteiger partial charge in [-0.1, -0.05) is 6.07 Å². The number of carboxylic acids is 1. The molecule has 1 aliphatic heterocycles. The van der Waals surface area contributed by atoms with Gasteiger partial charge >= 0.3 is 5.97 Å². The summed E-state index contributed by atoms with van der Waals surface area (Å²) in [6.45, 7) is 7.54. The maximum absolute atomic E-state index is 14.9. The van der Waals surface area contributed by atoms with Gasteiger partial charge in [-0.2, -0.15) is 0 Å². The number of morpholine rings is 1. The van der Waals surface area contributed by atoms with Gasteiger partial charge in [0.1, 0.15) is 22.9 Å². The van der Waals surface area contributed by atoms with Crippen LogP contribution in [0.4, 0.5) is 20.5 Å². The average molecular weight is 524 g/mol. The standard InChI is InChI=1S/C26H27F2N7O3/c1-14(2)35-15(3)31-24-18(27)8-17(9-20(24)35)23-19(28)11-30-26(33-23)32-22-5-4-16(10-29-22)12-34-6-7-38-21(13-34)25(36)37/h4-5,8-11,14,21H,6-7,12-13H2,1-3H3,(H,36,37)(H,29,30,32,33)/t21-/m0/s1. The van der Waals surface area contributed by atoms with E-state index in [0.29, 0.717) is 43.4 Å². The molecule has 38 heavy (non-hydrogen) atoms. The third-order valence-electron chi connectivity index (χ3n) is 6.36. The zero-order valence-corrected chi connectivity index (χ0v) is 21.2. The number of hydrogen-bond donors (Lipinski definition) is 2. The zero-order chi connectivity index (χ0) is 27.0. The summed E-state index contributed by atoms with van der Waals surface area (Å²) in [6.07, 6.45) is 1.85. The molecule has 0 bridgehead atoms. The third-order valence-corrected chi connectivity index (χ3v) is 6.36. The summed E-state index contributed by atoms with van der Waals surface area (Å²) in [7, 11) is 0. The Morgan fingerprint density at radius 3 is 2.71 bits per heavy atom. The van der Waals surface area contributed by atoms with Crippen LogP contribution in [0.2, 0.25) is 0 Å². The van der Waals surface area contributed by atoms with Crippen LogP contribution in [0.15, 0.2) is 36.7 Å². The molecule has 2 N–H and O–H groups in total. The second-order valence-corrected chi connectivity index (χ2v) is 9.45. The van der Waals surface area contributed by atoms with E-state index in [-0.39, 0.29) is 28.8 Å². The van der Waals surface area contributed by atoms with Crippen molar-refractivity contribution in [2.75, 3.05) is 25.0 Å². The van der Waals surface area contributed by atoms with Gasteiger partial charge in [-0.25, -0.2) is 33.5 Å². The Hall–Kier alpha value is -4.03. The van der Waals surface area contributed by atoms with Crippen LogP contribution in [0.1, 0.15) is 31.3 Å². The van der Waals surface area contributed by atoms with E-state index in [0.717, 1.165) is 11.8 Å². The quantitative estimate of drug-likeness (QED) is 0.369. The van der Waals surface area contributed by atoms with Crippen molar-refractivity contribution in [2.45, 2.75) is 39.5 Å². The van der Waals surface area contributed by atoms with Crippen LogP contribution in [0.3, 0.4) is 0 Å². The minimum absolute atomic E-state index is 0.0398. The second kappa shape index (κ2) is 10.4. The highest BCUT2D eigenvalue weighted by molar-refractivity contribution is 5.83. The largest absolute Gasteiger partial charge is 0.479 e. The number of rotatable bonds is 7. The first-order valence-corrected chi connectivity index (χ1v) is 12.2. The lowest BCUT2D eigenvalue weighted by Crippen LogP contribution is -2.45. The van der Waals surface area contributed by atoms with Gasteiger partial charge in [-0.05, 0) is 44.5 Å². The maximum Gasteiger partial charge on any atom is 0.334 e. The van der Waals surface area contributed by atoms with Crippen molar-refractivity contribution in [3.8, 4) is 11.3 Å². The summed E-state index contributed by atoms with van der Waals surface area (Å²) in [5.74, 6) is -1.01. The van der Waals surface area contributed by atoms with Crippen LogP contribution < -0.4 is 5.32 Å². The number of aromatic nitrogens is 5. The van der Waals surface area contributed by atoms with E-state index in [2.05, 4.69) is 25.3 Å². The Morgan fingerprint density at radius 1 is 1.18 bits per heavy atom. The molecule has 1 atom stereocenters. The van der Waals surface area contributed by atoms with E-state index in [1.807, 2.05) is 29.4 Å². The van der Waals surface area contributed by atoms with Crippen molar-refractivity contribution >= 4 is 28.8 Å². The smallest absolute Gasteiger partial charge is 0.334 e. The summed E-state index contributed by atoms with van der Waals surface area (Å²) >= 11 is 0. The normalized spacial score (nSPS) is 16.3. The number of nitrogens with zero attached hydrogens (tertiary/aromatic N) is 6. The van der Waals surface area contributed by atoms with E-state index in [4.69, 9.17) is 4.74 Å². The van der Waals surface area contributed by atoms with Crippen LogP contribution >= 0.6 is 0 Å². The predicted octanol–water partition coefficient (Wildman–Crippen LogP) is 4.08. The summed E-state index contributed by atoms with van der Waals surface area (Å²) in [4.78, 5) is 30.2. The average Bonchev–Trinajstić information content (AvgIpc) is 3.23. The first-order valence-electron chi connectivity index (χ1n) is 12.2. The first kappa shape index (κ1) is 25.6. The molecule has 1 aromatic carbocycles. The number of pyridine rings is 1. The van der Waals surface area contributed by atoms with Gasteiger partial charge in [0.05, 0.1) is 18.3 Å². The summed E-state index contributed by atoms with van der Waals surface area (Å²) in [5, 5.41) is 12.1. The van der Waals surface area contributed by atoms with E-state index in [1.54, 1.807) is 25.3 Å². The fourth-order valence-corrected chi connectivity index (χ4v) is 4.65. The summed E-state index contributed by atoms with van der Waals surface area (Å²) in [6, 6.07) is 6.53. The van der Waals surface area contributed by atoms with Crippen molar-refractivity contribution in [3.63, 3.8) is 0 Å². The molecule has 12 heteroatoms. The molecule has 198 valence electrons. The van der Waals surface area contributed by atoms with Crippen LogP contribution in [-0.2, 0) is 16.1 Å². The van der Waals surface area contributed by atoms with Crippen LogP contribution in [0, 0.1) is 18.6 Å². The number of halogens is 2. The van der Waals surface area contributed by atoms with Gasteiger partial charge in [0.2, 0.25) is 5.95 Å². The van der Waals surface area contributed by atoms with Crippen LogP contribution in [-0.4, -0.2) is 66.3 Å². The van der Waals surface area contributed by atoms with Gasteiger partial charge in [0.15, 0.2) is 17.7 Å². The minimum atomic E-state index is -0.977. The van der Waals surface area contributed by atoms with E-state index in [1.165, 1.54) is 6.07 Å². The Balaban J connectivity index is 1.35. The molecule has 0 saturated carbocycles. The van der Waals surface area contributed by atoms with Crippen molar-refractivity contribution in [1.29, 1.82) is 0 Å². The summed E-state index contributed by atoms with van der Waals surface area (Å²) in [5.41, 5.74) is 1.91. The number of carbonyl (C=O) groups is 1. The highest BCUT2D eigenvalue weighted by Gasteiger charge is 2.26. The maximum atomic E-state index is 14.9. The number of nitrogens with one attached hydrogen (secondary N) is 1. The number of ether oxygens (including phenoxy) is 1. The number of fused-ring (bicyclic) bond motifs is 1. The minimum Gasteiger partial charge on any atom is -0.479 e. The third kappa shape index (κ3) is 5.18. The lowest BCUT2D eigenvalue weighted by molar-refractivity contribution is -0.156. The predicted molar refractivity (Wildman–Crippen MR) is 136 cm³/mol. The van der Waals surface area contributed by atoms with Gasteiger partial charge < -0.3 is 19.7 Å². The molecule has 0 amide bonds. The Kier molecular flexibility index (Phi) is 7.00. The van der Waals surface area contributed by atoms with E-state index < -0.39 is 23.7 Å². The summed E-state index contributed by atoms with van der Waals surface area (Å²) < 4.78 is 36.9. The van der Waals surface area contributed by atoms with Crippen molar-refractivity contribution in [2.24, 2.45) is 0 Å². The fraction of sp³-hybridized carbons (Fsp3) is 0.346. The van der Waals surface area contributed by atoms with E-state index >= 15 is 0 Å². The number of carboxylic acid groups (broad SMARTS) is 1. The Morgan fingerprint density at radius 2 is 2.00 bits per heavy atom. The fourth-order valence-electron chi connectivity index (χ4n) is 4.65. The highest BCUT2D eigenvalue weighted by Crippen LogP contribution is 2.30. The molecule has 4 heterocycles. The van der Waals surface area contributed by atoms with Gasteiger partial charge in [-0.3, -0.25) is 4.90 Å². The SMILES string of the molecule is Cc1nc2c(F)cc(-c3nc(Nc4ccc(CN5CCO[C@H](C(=O)O)C5)cn4)ncc3F)cc2n1C(C)C. The van der Waals surface area contributed by atoms with Crippen LogP contribution in [0.5, 0.6) is 0 Å². The Bertz CT molecular complexity index is 1490. The molecule has 0 aliphatic carbocycles. The highest BCUT2D eigenvalue weighted by atomic mass is 19.1. The van der Waals surface area contributed by atoms with Gasteiger partial charge in [0, 0.05) is 37.4 Å². The zero-order valence-electron chi connectivity index (χ0n) is 21.2. The molecule has 4 aromatic rings. The number of anilines is 2. The lowest BCUT2D eigenvalue weighted by Gasteiger charge is -2.30. The molecule has 0 radical (unpaired) electrons. The molecule has 0 unspecified atom stereocenters. The Labute approximate surface area is 217 Å². The van der Waals surface area contributed by atoms with Gasteiger partial charge in [0.25, 0.3) is 0 Å². The molecular weight excluding hydrogens is 496 g/mol. The number of imidazole rings is 1.